The van der Waals surface area contributed by atoms with Crippen molar-refractivity contribution in [3.8, 4) is 16.9 Å². The lowest BCUT2D eigenvalue weighted by Crippen LogP contribution is -2.07. The minimum atomic E-state index is -4.62. The number of carbonyl (C=O) groups is 2. The predicted octanol–water partition coefficient (Wildman–Crippen LogP) is 3.95. The molecule has 6 nitrogen and oxygen atoms in total. The lowest BCUT2D eigenvalue weighted by Gasteiger charge is -2.12. The fourth-order valence-electron chi connectivity index (χ4n) is 2.63. The number of hydrogen-bond donors (Lipinski definition) is 2. The minimum absolute atomic E-state index is 0.112. The van der Waals surface area contributed by atoms with Crippen LogP contribution in [0.4, 0.5) is 13.2 Å². The molecule has 3 aromatic rings. The van der Waals surface area contributed by atoms with Gasteiger partial charge in [-0.3, -0.25) is 0 Å². The van der Waals surface area contributed by atoms with Crippen molar-refractivity contribution in [1.29, 1.82) is 0 Å². The van der Waals surface area contributed by atoms with Gasteiger partial charge in [-0.15, -0.1) is 0 Å². The molecule has 0 aliphatic heterocycles. The first-order chi connectivity index (χ1) is 12.7. The van der Waals surface area contributed by atoms with Crippen molar-refractivity contribution < 1.29 is 33.0 Å². The monoisotopic (exact) mass is 376 g/mol. The number of nitrogens with zero attached hydrogens (tertiary/aromatic N) is 2. The average Bonchev–Trinajstić information content (AvgIpc) is 3.03. The summed E-state index contributed by atoms with van der Waals surface area (Å²) in [6, 6.07) is 11.9. The van der Waals surface area contributed by atoms with Crippen LogP contribution in [-0.2, 0) is 6.18 Å². The van der Waals surface area contributed by atoms with Gasteiger partial charge in [-0.1, -0.05) is 36.4 Å². The number of halogens is 3. The number of aromatic nitrogens is 2. The largest absolute Gasteiger partial charge is 0.478 e. The Morgan fingerprint density at radius 3 is 2.15 bits per heavy atom. The Balaban J connectivity index is 2.35. The van der Waals surface area contributed by atoms with Gasteiger partial charge in [0.05, 0.1) is 16.9 Å². The van der Waals surface area contributed by atoms with Crippen LogP contribution in [0.3, 0.4) is 0 Å². The van der Waals surface area contributed by atoms with Crippen molar-refractivity contribution in [2.24, 2.45) is 0 Å². The second kappa shape index (κ2) is 6.60. The summed E-state index contributed by atoms with van der Waals surface area (Å²) in [6.07, 6.45) is -4.62. The van der Waals surface area contributed by atoms with E-state index < -0.39 is 34.9 Å². The van der Waals surface area contributed by atoms with Crippen molar-refractivity contribution in [1.82, 2.24) is 9.78 Å². The highest BCUT2D eigenvalue weighted by atomic mass is 19.4. The Hall–Kier alpha value is -3.62. The third kappa shape index (κ3) is 3.39. The van der Waals surface area contributed by atoms with E-state index >= 15 is 0 Å². The average molecular weight is 376 g/mol. The van der Waals surface area contributed by atoms with E-state index in [2.05, 4.69) is 5.10 Å². The van der Waals surface area contributed by atoms with Crippen molar-refractivity contribution in [2.45, 2.75) is 6.18 Å². The second-order valence-electron chi connectivity index (χ2n) is 5.51. The van der Waals surface area contributed by atoms with E-state index in [4.69, 9.17) is 0 Å². The summed E-state index contributed by atoms with van der Waals surface area (Å²) in [6.45, 7) is 0. The molecule has 0 radical (unpaired) electrons. The molecule has 138 valence electrons. The van der Waals surface area contributed by atoms with Crippen LogP contribution in [0.5, 0.6) is 0 Å². The van der Waals surface area contributed by atoms with E-state index in [0.717, 1.165) is 22.9 Å². The third-order valence-corrected chi connectivity index (χ3v) is 3.77. The molecular formula is C18H11F3N2O4. The van der Waals surface area contributed by atoms with E-state index in [9.17, 15) is 33.0 Å². The van der Waals surface area contributed by atoms with Crippen molar-refractivity contribution in [3.63, 3.8) is 0 Å². The zero-order chi connectivity index (χ0) is 19.8. The first-order valence-corrected chi connectivity index (χ1v) is 7.53. The highest BCUT2D eigenvalue weighted by Gasteiger charge is 2.32. The van der Waals surface area contributed by atoms with Crippen molar-refractivity contribution in [2.75, 3.05) is 0 Å². The van der Waals surface area contributed by atoms with Crippen LogP contribution in [0.15, 0.2) is 54.6 Å². The Morgan fingerprint density at radius 1 is 0.926 bits per heavy atom. The SMILES string of the molecule is O=C(O)c1nn(-c2cccc(C(F)(F)F)c2)c(-c2ccccc2)c1C(=O)O. The van der Waals surface area contributed by atoms with Gasteiger partial charge in [0.25, 0.3) is 0 Å². The van der Waals surface area contributed by atoms with Gasteiger partial charge in [0.1, 0.15) is 5.56 Å². The van der Waals surface area contributed by atoms with Gasteiger partial charge in [-0.05, 0) is 18.2 Å². The van der Waals surface area contributed by atoms with Gasteiger partial charge in [0, 0.05) is 5.56 Å². The van der Waals surface area contributed by atoms with Crippen LogP contribution in [0, 0.1) is 0 Å². The summed E-state index contributed by atoms with van der Waals surface area (Å²) < 4.78 is 40.0. The maximum absolute atomic E-state index is 13.0. The Kier molecular flexibility index (Phi) is 4.44. The van der Waals surface area contributed by atoms with Crippen LogP contribution < -0.4 is 0 Å². The molecule has 1 aromatic heterocycles. The molecule has 0 fully saturated rings. The smallest absolute Gasteiger partial charge is 0.416 e. The van der Waals surface area contributed by atoms with Gasteiger partial charge in [0.2, 0.25) is 0 Å². The summed E-state index contributed by atoms with van der Waals surface area (Å²) >= 11 is 0. The molecule has 0 aliphatic rings. The molecule has 0 unspecified atom stereocenters. The molecule has 0 saturated heterocycles. The fraction of sp³-hybridized carbons (Fsp3) is 0.0556. The topological polar surface area (TPSA) is 92.4 Å². The molecule has 2 aromatic carbocycles. The normalized spacial score (nSPS) is 11.4. The van der Waals surface area contributed by atoms with Crippen LogP contribution in [0.25, 0.3) is 16.9 Å². The number of rotatable bonds is 4. The number of carboxylic acid groups (broad SMARTS) is 2. The molecule has 0 saturated carbocycles. The molecule has 0 bridgehead atoms. The number of hydrogen-bond acceptors (Lipinski definition) is 3. The number of carboxylic acids is 2. The quantitative estimate of drug-likeness (QED) is 0.719. The summed E-state index contributed by atoms with van der Waals surface area (Å²) in [4.78, 5) is 23.2. The maximum atomic E-state index is 13.0. The lowest BCUT2D eigenvalue weighted by molar-refractivity contribution is -0.137. The zero-order valence-electron chi connectivity index (χ0n) is 13.4. The highest BCUT2D eigenvalue weighted by molar-refractivity contribution is 6.05. The molecule has 0 aliphatic carbocycles. The fourth-order valence-corrected chi connectivity index (χ4v) is 2.63. The van der Waals surface area contributed by atoms with E-state index in [1.165, 1.54) is 18.2 Å². The molecule has 2 N–H and O–H groups in total. The highest BCUT2D eigenvalue weighted by Crippen LogP contribution is 2.33. The van der Waals surface area contributed by atoms with Crippen molar-refractivity contribution in [3.05, 3.63) is 71.4 Å². The van der Waals surface area contributed by atoms with Crippen LogP contribution in [-0.4, -0.2) is 31.9 Å². The summed E-state index contributed by atoms with van der Waals surface area (Å²) in [7, 11) is 0. The molecule has 3 rings (SSSR count). The van der Waals surface area contributed by atoms with Gasteiger partial charge < -0.3 is 10.2 Å². The minimum Gasteiger partial charge on any atom is -0.478 e. The number of alkyl halides is 3. The van der Waals surface area contributed by atoms with E-state index in [1.54, 1.807) is 18.2 Å². The van der Waals surface area contributed by atoms with Gasteiger partial charge in [-0.2, -0.15) is 18.3 Å². The predicted molar refractivity (Wildman–Crippen MR) is 87.9 cm³/mol. The standard InChI is InChI=1S/C18H11F3N2O4/c19-18(20,21)11-7-4-8-12(9-11)23-15(10-5-2-1-3-6-10)13(16(24)25)14(22-23)17(26)27/h1-9H,(H,24,25)(H,26,27). The zero-order valence-corrected chi connectivity index (χ0v) is 13.4. The molecule has 0 atom stereocenters. The third-order valence-electron chi connectivity index (χ3n) is 3.77. The van der Waals surface area contributed by atoms with Crippen LogP contribution >= 0.6 is 0 Å². The Morgan fingerprint density at radius 2 is 1.59 bits per heavy atom. The summed E-state index contributed by atoms with van der Waals surface area (Å²) in [5.74, 6) is -3.15. The van der Waals surface area contributed by atoms with Crippen LogP contribution in [0.2, 0.25) is 0 Å². The second-order valence-corrected chi connectivity index (χ2v) is 5.51. The van der Waals surface area contributed by atoms with Gasteiger partial charge >= 0.3 is 18.1 Å². The molecule has 1 heterocycles. The maximum Gasteiger partial charge on any atom is 0.416 e. The van der Waals surface area contributed by atoms with Gasteiger partial charge in [-0.25, -0.2) is 14.3 Å². The van der Waals surface area contributed by atoms with E-state index in [0.29, 0.717) is 5.56 Å². The van der Waals surface area contributed by atoms with Crippen LogP contribution in [0.1, 0.15) is 26.4 Å². The molecule has 9 heteroatoms. The van der Waals surface area contributed by atoms with E-state index in [-0.39, 0.29) is 11.4 Å². The van der Waals surface area contributed by atoms with Gasteiger partial charge in [0.15, 0.2) is 5.69 Å². The summed E-state index contributed by atoms with van der Waals surface area (Å²) in [5, 5.41) is 22.6. The lowest BCUT2D eigenvalue weighted by atomic mass is 10.1. The number of aromatic carboxylic acids is 2. The molecule has 0 spiro atoms. The first-order valence-electron chi connectivity index (χ1n) is 7.53. The Labute approximate surface area is 150 Å². The molecular weight excluding hydrogens is 365 g/mol. The molecule has 27 heavy (non-hydrogen) atoms. The van der Waals surface area contributed by atoms with E-state index in [1.807, 2.05) is 0 Å². The number of benzene rings is 2. The summed E-state index contributed by atoms with van der Waals surface area (Å²) in [5.41, 5.74) is -2.28. The Bertz CT molecular complexity index is 1030. The first kappa shape index (κ1) is 18.2. The molecule has 0 amide bonds. The van der Waals surface area contributed by atoms with Crippen molar-refractivity contribution >= 4 is 11.9 Å².